The minimum absolute atomic E-state index is 0.288. The summed E-state index contributed by atoms with van der Waals surface area (Å²) in [6, 6.07) is 21.8. The number of carbonyl (C=O) groups excluding carboxylic acids is 3. The maximum Gasteiger partial charge on any atom is 0.347 e. The molecule has 2 aromatic heterocycles. The number of esters is 2. The molecule has 2 aliphatic heterocycles. The zero-order valence-corrected chi connectivity index (χ0v) is 23.6. The van der Waals surface area contributed by atoms with E-state index >= 15 is 0 Å². The summed E-state index contributed by atoms with van der Waals surface area (Å²) < 4.78 is 9.76. The van der Waals surface area contributed by atoms with Crippen LogP contribution in [0, 0.1) is 5.92 Å². The van der Waals surface area contributed by atoms with Gasteiger partial charge in [-0.05, 0) is 67.5 Å². The van der Waals surface area contributed by atoms with Crippen LogP contribution in [0.2, 0.25) is 0 Å². The maximum absolute atomic E-state index is 13.8. The van der Waals surface area contributed by atoms with Gasteiger partial charge in [-0.25, -0.2) is 9.59 Å². The van der Waals surface area contributed by atoms with E-state index in [1.807, 2.05) is 72.9 Å². The predicted octanol–water partition coefficient (Wildman–Crippen LogP) is 6.68. The second-order valence-electron chi connectivity index (χ2n) is 11.5. The summed E-state index contributed by atoms with van der Waals surface area (Å²) in [5.74, 6) is -0.971. The van der Waals surface area contributed by atoms with Gasteiger partial charge in [0, 0.05) is 57.2 Å². The molecule has 210 valence electrons. The number of nitrogens with zero attached hydrogens (tertiary/aromatic N) is 2. The molecule has 7 heteroatoms. The minimum atomic E-state index is -0.637. The summed E-state index contributed by atoms with van der Waals surface area (Å²) in [5.41, 5.74) is 7.64. The van der Waals surface area contributed by atoms with Crippen molar-refractivity contribution in [1.29, 1.82) is 0 Å². The maximum atomic E-state index is 13.8. The monoisotopic (exact) mass is 557 g/mol. The third kappa shape index (κ3) is 3.99. The second-order valence-corrected chi connectivity index (χ2v) is 11.5. The lowest BCUT2D eigenvalue weighted by atomic mass is 9.89. The number of hydrogen-bond acceptors (Lipinski definition) is 4. The summed E-state index contributed by atoms with van der Waals surface area (Å²) in [4.78, 5) is 39.0. The molecule has 7 rings (SSSR count). The molecule has 0 unspecified atom stereocenters. The van der Waals surface area contributed by atoms with E-state index in [0.717, 1.165) is 75.8 Å². The summed E-state index contributed by atoms with van der Waals surface area (Å²) >= 11 is 0. The molecule has 1 amide bonds. The lowest BCUT2D eigenvalue weighted by Gasteiger charge is -2.17. The number of carbonyl (C=O) groups is 3. The van der Waals surface area contributed by atoms with Crippen LogP contribution in [0.5, 0.6) is 0 Å². The van der Waals surface area contributed by atoms with Gasteiger partial charge in [0.05, 0.1) is 16.7 Å². The number of aromatic nitrogens is 2. The van der Waals surface area contributed by atoms with Crippen molar-refractivity contribution in [1.82, 2.24) is 9.13 Å². The molecule has 2 aliphatic rings. The summed E-state index contributed by atoms with van der Waals surface area (Å²) in [6.45, 7) is 5.09. The number of anilines is 1. The minimum Gasteiger partial charge on any atom is -0.386 e. The Morgan fingerprint density at radius 1 is 0.905 bits per heavy atom. The van der Waals surface area contributed by atoms with Gasteiger partial charge in [-0.2, -0.15) is 0 Å². The van der Waals surface area contributed by atoms with Gasteiger partial charge in [-0.3, -0.25) is 4.79 Å². The van der Waals surface area contributed by atoms with E-state index in [0.29, 0.717) is 29.9 Å². The largest absolute Gasteiger partial charge is 0.386 e. The van der Waals surface area contributed by atoms with Crippen LogP contribution in [-0.2, 0) is 38.5 Å². The van der Waals surface area contributed by atoms with Gasteiger partial charge >= 0.3 is 11.9 Å². The van der Waals surface area contributed by atoms with Crippen LogP contribution in [-0.4, -0.2) is 27.5 Å². The Bertz CT molecular complexity index is 1940. The lowest BCUT2D eigenvalue weighted by Crippen LogP contribution is -2.11. The number of nitrogens with one attached hydrogen (secondary N) is 1. The molecule has 0 fully saturated rings. The Kier molecular flexibility index (Phi) is 6.30. The van der Waals surface area contributed by atoms with E-state index < -0.39 is 11.9 Å². The van der Waals surface area contributed by atoms with Crippen LogP contribution in [0.15, 0.2) is 72.9 Å². The molecular weight excluding hydrogens is 526 g/mol. The summed E-state index contributed by atoms with van der Waals surface area (Å²) in [7, 11) is 0. The summed E-state index contributed by atoms with van der Waals surface area (Å²) in [5, 5.41) is 4.67. The van der Waals surface area contributed by atoms with Gasteiger partial charge in [0.25, 0.3) is 0 Å². The molecule has 0 saturated heterocycles. The summed E-state index contributed by atoms with van der Waals surface area (Å²) in [6.07, 6.45) is 6.13. The van der Waals surface area contributed by atoms with Gasteiger partial charge in [-0.15, -0.1) is 0 Å². The van der Waals surface area contributed by atoms with Crippen LogP contribution in [0.3, 0.4) is 0 Å². The van der Waals surface area contributed by atoms with E-state index in [9.17, 15) is 14.4 Å². The van der Waals surface area contributed by atoms with E-state index in [2.05, 4.69) is 28.3 Å². The third-order valence-electron chi connectivity index (χ3n) is 8.43. The Balaban J connectivity index is 1.59. The molecule has 1 N–H and O–H groups in total. The lowest BCUT2D eigenvalue weighted by molar-refractivity contribution is -0.149. The van der Waals surface area contributed by atoms with E-state index in [4.69, 9.17) is 4.74 Å². The van der Waals surface area contributed by atoms with Crippen molar-refractivity contribution in [2.24, 2.45) is 5.92 Å². The fourth-order valence-electron chi connectivity index (χ4n) is 6.77. The molecule has 7 nitrogen and oxygen atoms in total. The third-order valence-corrected chi connectivity index (χ3v) is 8.43. The topological polar surface area (TPSA) is 82.3 Å². The van der Waals surface area contributed by atoms with Crippen molar-refractivity contribution in [3.63, 3.8) is 0 Å². The number of aryl methyl sites for hydroxylation is 1. The first kappa shape index (κ1) is 26.0. The van der Waals surface area contributed by atoms with Crippen molar-refractivity contribution in [3.05, 3.63) is 95.3 Å². The molecular formula is C35H31N3O4. The number of para-hydroxylation sites is 2. The molecule has 0 saturated carbocycles. The van der Waals surface area contributed by atoms with Crippen LogP contribution in [0.25, 0.3) is 38.6 Å². The van der Waals surface area contributed by atoms with Crippen molar-refractivity contribution in [2.75, 3.05) is 5.32 Å². The van der Waals surface area contributed by atoms with Crippen LogP contribution < -0.4 is 5.32 Å². The number of hydrogen-bond donors (Lipinski definition) is 1. The average Bonchev–Trinajstić information content (AvgIpc) is 3.63. The number of benzene rings is 3. The van der Waals surface area contributed by atoms with Crippen molar-refractivity contribution >= 4 is 57.0 Å². The van der Waals surface area contributed by atoms with Gasteiger partial charge in [0.15, 0.2) is 0 Å². The number of amides is 1. The highest BCUT2D eigenvalue weighted by molar-refractivity contribution is 6.47. The Hall–Kier alpha value is -4.91. The molecule has 42 heavy (non-hydrogen) atoms. The fourth-order valence-corrected chi connectivity index (χ4v) is 6.77. The molecule has 0 atom stereocenters. The molecule has 0 aliphatic carbocycles. The number of ether oxygens (including phenoxy) is 1. The van der Waals surface area contributed by atoms with Crippen LogP contribution in [0.4, 0.5) is 5.69 Å². The predicted molar refractivity (Wildman–Crippen MR) is 164 cm³/mol. The normalized spacial score (nSPS) is 15.1. The SMILES string of the molecule is CC(C)Cc1c(NC=O)ccc2c1c(C1=C(c3cn(-c4ccccc4)c4ccccc34)C(=O)OC1=O)c1n2CCCC1. The zero-order chi connectivity index (χ0) is 29.0. The van der Waals surface area contributed by atoms with E-state index in [1.54, 1.807) is 0 Å². The van der Waals surface area contributed by atoms with Gasteiger partial charge in [0.1, 0.15) is 0 Å². The fraction of sp³-hybridized carbons (Fsp3) is 0.229. The molecule has 0 spiro atoms. The number of cyclic esters (lactones) is 2. The van der Waals surface area contributed by atoms with Crippen LogP contribution >= 0.6 is 0 Å². The quantitative estimate of drug-likeness (QED) is 0.137. The van der Waals surface area contributed by atoms with Gasteiger partial charge < -0.3 is 19.2 Å². The van der Waals surface area contributed by atoms with Crippen molar-refractivity contribution < 1.29 is 19.1 Å². The van der Waals surface area contributed by atoms with Crippen molar-refractivity contribution in [3.8, 4) is 5.69 Å². The van der Waals surface area contributed by atoms with E-state index in [-0.39, 0.29) is 5.57 Å². The highest BCUT2D eigenvalue weighted by atomic mass is 16.6. The molecule has 3 aromatic carbocycles. The second kappa shape index (κ2) is 10.2. The zero-order valence-electron chi connectivity index (χ0n) is 23.6. The number of rotatable bonds is 7. The molecule has 5 aromatic rings. The highest BCUT2D eigenvalue weighted by Crippen LogP contribution is 2.46. The smallest absolute Gasteiger partial charge is 0.347 e. The highest BCUT2D eigenvalue weighted by Gasteiger charge is 2.40. The first-order chi connectivity index (χ1) is 20.5. The Morgan fingerprint density at radius 2 is 1.67 bits per heavy atom. The molecule has 0 bridgehead atoms. The molecule has 4 heterocycles. The van der Waals surface area contributed by atoms with Crippen LogP contribution in [0.1, 0.15) is 49.1 Å². The first-order valence-corrected chi connectivity index (χ1v) is 14.5. The Morgan fingerprint density at radius 3 is 2.45 bits per heavy atom. The van der Waals surface area contributed by atoms with Gasteiger partial charge in [0.2, 0.25) is 6.41 Å². The van der Waals surface area contributed by atoms with Crippen molar-refractivity contribution in [2.45, 2.75) is 46.1 Å². The average molecular weight is 558 g/mol. The van der Waals surface area contributed by atoms with E-state index in [1.165, 1.54) is 0 Å². The Labute approximate surface area is 243 Å². The molecule has 0 radical (unpaired) electrons. The number of fused-ring (bicyclic) bond motifs is 4. The van der Waals surface area contributed by atoms with Gasteiger partial charge in [-0.1, -0.05) is 50.2 Å². The standard InChI is InChI=1S/C35H31N3O4/c1-21(2)18-24-26(36-20-39)15-16-29-30(24)32(28-14-8-9-17-37(28)29)33-31(34(40)42-35(33)41)25-19-38(22-10-4-3-5-11-22)27-13-7-6-12-23(25)27/h3-7,10-13,15-16,19-21H,8-9,14,17-18H2,1-2H3,(H,36,39). The first-order valence-electron chi connectivity index (χ1n) is 14.5.